The molecule has 0 unspecified atom stereocenters. The third kappa shape index (κ3) is 8.16. The molecule has 1 aliphatic rings. The predicted octanol–water partition coefficient (Wildman–Crippen LogP) is 0.407. The number of aliphatic carboxylic acids is 2. The Bertz CT molecular complexity index is 649. The van der Waals surface area contributed by atoms with Gasteiger partial charge in [0.25, 0.3) is 0 Å². The van der Waals surface area contributed by atoms with Gasteiger partial charge in [-0.25, -0.2) is 0 Å². The molecule has 1 aromatic carbocycles. The van der Waals surface area contributed by atoms with Crippen molar-refractivity contribution in [1.29, 1.82) is 0 Å². The maximum absolute atomic E-state index is 11.2. The summed E-state index contributed by atoms with van der Waals surface area (Å²) in [7, 11) is 0. The molecular weight excluding hydrogens is 362 g/mol. The van der Waals surface area contributed by atoms with E-state index >= 15 is 0 Å². The van der Waals surface area contributed by atoms with Crippen LogP contribution in [0, 0.1) is 0 Å². The van der Waals surface area contributed by atoms with Gasteiger partial charge >= 0.3 is 11.9 Å². The van der Waals surface area contributed by atoms with Gasteiger partial charge in [-0.1, -0.05) is 24.3 Å². The molecule has 2 rings (SSSR count). The molecule has 0 amide bonds. The molecule has 0 aliphatic carbocycles. The van der Waals surface area contributed by atoms with Crippen molar-refractivity contribution >= 4 is 17.7 Å². The molecule has 28 heavy (non-hydrogen) atoms. The Kier molecular flexibility index (Phi) is 8.56. The van der Waals surface area contributed by atoms with Gasteiger partial charge in [0.1, 0.15) is 5.78 Å². The number of carboxylic acids is 2. The van der Waals surface area contributed by atoms with Crippen LogP contribution in [0.25, 0.3) is 0 Å². The minimum atomic E-state index is -0.878. The fraction of sp³-hybridized carbons (Fsp3) is 0.550. The number of rotatable bonds is 8. The first kappa shape index (κ1) is 22.0. The summed E-state index contributed by atoms with van der Waals surface area (Å²) in [4.78, 5) is 39.4. The number of carbonyl (C=O) groups is 3. The normalized spacial score (nSPS) is 17.5. The molecular formula is C20H29N3O5. The Morgan fingerprint density at radius 3 is 1.54 bits per heavy atom. The number of carbonyl (C=O) groups excluding carboxylic acids is 1. The van der Waals surface area contributed by atoms with Gasteiger partial charge in [-0.15, -0.1) is 0 Å². The van der Waals surface area contributed by atoms with Crippen molar-refractivity contribution in [3.8, 4) is 0 Å². The van der Waals surface area contributed by atoms with Gasteiger partial charge < -0.3 is 10.2 Å². The van der Waals surface area contributed by atoms with Crippen LogP contribution in [-0.2, 0) is 27.3 Å². The standard InChI is InChI=1S/C20H29N3O5/c1-16(24)12-17-2-4-18(5-3-17)13-21-6-8-22(14-19(25)26)10-11-23(9-7-21)15-20(27)28/h2-5H,6-15H2,1H3,(H,25,26)(H,27,28). The lowest BCUT2D eigenvalue weighted by Crippen LogP contribution is -2.40. The lowest BCUT2D eigenvalue weighted by atomic mass is 10.1. The van der Waals surface area contributed by atoms with Gasteiger partial charge in [0, 0.05) is 52.2 Å². The molecule has 0 radical (unpaired) electrons. The number of Topliss-reactive ketones (excluding diaryl/α,β-unsaturated/α-hetero) is 1. The van der Waals surface area contributed by atoms with E-state index in [9.17, 15) is 14.4 Å². The highest BCUT2D eigenvalue weighted by atomic mass is 16.4. The molecule has 1 aliphatic heterocycles. The third-order valence-electron chi connectivity index (χ3n) is 4.80. The Morgan fingerprint density at radius 2 is 1.14 bits per heavy atom. The molecule has 1 aromatic rings. The molecule has 0 atom stereocenters. The zero-order chi connectivity index (χ0) is 20.5. The van der Waals surface area contributed by atoms with Gasteiger partial charge in [-0.05, 0) is 18.1 Å². The van der Waals surface area contributed by atoms with E-state index in [1.54, 1.807) is 6.92 Å². The van der Waals surface area contributed by atoms with Crippen molar-refractivity contribution in [3.63, 3.8) is 0 Å². The van der Waals surface area contributed by atoms with Gasteiger partial charge in [-0.2, -0.15) is 0 Å². The summed E-state index contributed by atoms with van der Waals surface area (Å²) in [5, 5.41) is 18.2. The van der Waals surface area contributed by atoms with E-state index < -0.39 is 11.9 Å². The second-order valence-electron chi connectivity index (χ2n) is 7.31. The number of benzene rings is 1. The highest BCUT2D eigenvalue weighted by Crippen LogP contribution is 2.10. The first-order valence-corrected chi connectivity index (χ1v) is 9.49. The second kappa shape index (κ2) is 10.9. The van der Waals surface area contributed by atoms with Crippen LogP contribution in [0.4, 0.5) is 0 Å². The number of hydrogen-bond donors (Lipinski definition) is 2. The summed E-state index contributed by atoms with van der Waals surface area (Å²) in [5.74, 6) is -1.63. The van der Waals surface area contributed by atoms with Crippen molar-refractivity contribution in [2.45, 2.75) is 19.9 Å². The maximum atomic E-state index is 11.2. The average Bonchev–Trinajstić information content (AvgIpc) is 2.68. The summed E-state index contributed by atoms with van der Waals surface area (Å²) in [5.41, 5.74) is 2.10. The predicted molar refractivity (Wildman–Crippen MR) is 104 cm³/mol. The second-order valence-corrected chi connectivity index (χ2v) is 7.31. The molecule has 2 N–H and O–H groups in total. The fourth-order valence-electron chi connectivity index (χ4n) is 3.35. The van der Waals surface area contributed by atoms with Crippen LogP contribution < -0.4 is 0 Å². The SMILES string of the molecule is CC(=O)Cc1ccc(CN2CCN(CC(=O)O)CCN(CC(=O)O)CC2)cc1. The molecule has 1 saturated heterocycles. The number of carboxylic acid groups (broad SMARTS) is 2. The smallest absolute Gasteiger partial charge is 0.317 e. The van der Waals surface area contributed by atoms with Gasteiger partial charge in [0.05, 0.1) is 13.1 Å². The van der Waals surface area contributed by atoms with Crippen LogP contribution in [0.2, 0.25) is 0 Å². The van der Waals surface area contributed by atoms with Crippen LogP contribution in [0.3, 0.4) is 0 Å². The topological polar surface area (TPSA) is 101 Å². The van der Waals surface area contributed by atoms with Crippen molar-refractivity contribution in [1.82, 2.24) is 14.7 Å². The molecule has 0 saturated carbocycles. The van der Waals surface area contributed by atoms with E-state index in [0.29, 0.717) is 52.2 Å². The lowest BCUT2D eigenvalue weighted by Gasteiger charge is -2.25. The quantitative estimate of drug-likeness (QED) is 0.657. The summed E-state index contributed by atoms with van der Waals surface area (Å²) < 4.78 is 0. The van der Waals surface area contributed by atoms with Gasteiger partial charge in [0.2, 0.25) is 0 Å². The first-order chi connectivity index (χ1) is 13.3. The monoisotopic (exact) mass is 391 g/mol. The van der Waals surface area contributed by atoms with Crippen molar-refractivity contribution in [2.24, 2.45) is 0 Å². The lowest BCUT2D eigenvalue weighted by molar-refractivity contribution is -0.140. The summed E-state index contributed by atoms with van der Waals surface area (Å²) in [6, 6.07) is 7.94. The van der Waals surface area contributed by atoms with Crippen molar-refractivity contribution in [2.75, 3.05) is 52.4 Å². The van der Waals surface area contributed by atoms with E-state index in [1.165, 1.54) is 0 Å². The summed E-state index contributed by atoms with van der Waals surface area (Å²) >= 11 is 0. The average molecular weight is 391 g/mol. The molecule has 0 bridgehead atoms. The molecule has 8 nitrogen and oxygen atoms in total. The highest BCUT2D eigenvalue weighted by molar-refractivity contribution is 5.78. The van der Waals surface area contributed by atoms with Crippen LogP contribution >= 0.6 is 0 Å². The minimum absolute atomic E-state index is 0.0471. The van der Waals surface area contributed by atoms with E-state index in [2.05, 4.69) is 4.90 Å². The fourth-order valence-corrected chi connectivity index (χ4v) is 3.35. The number of ketones is 1. The Morgan fingerprint density at radius 1 is 0.750 bits per heavy atom. The Balaban J connectivity index is 2.03. The van der Waals surface area contributed by atoms with Gasteiger partial charge in [-0.3, -0.25) is 29.1 Å². The zero-order valence-electron chi connectivity index (χ0n) is 16.3. The van der Waals surface area contributed by atoms with E-state index in [4.69, 9.17) is 10.2 Å². The summed E-state index contributed by atoms with van der Waals surface area (Å²) in [6.45, 7) is 5.91. The minimum Gasteiger partial charge on any atom is -0.480 e. The number of nitrogens with zero attached hydrogens (tertiary/aromatic N) is 3. The van der Waals surface area contributed by atoms with Crippen molar-refractivity contribution < 1.29 is 24.6 Å². The maximum Gasteiger partial charge on any atom is 0.317 e. The molecule has 0 spiro atoms. The van der Waals surface area contributed by atoms with E-state index in [1.807, 2.05) is 34.1 Å². The Hall–Kier alpha value is -2.29. The largest absolute Gasteiger partial charge is 0.480 e. The molecule has 154 valence electrons. The van der Waals surface area contributed by atoms with E-state index in [0.717, 1.165) is 11.1 Å². The Labute approximate surface area is 165 Å². The third-order valence-corrected chi connectivity index (χ3v) is 4.80. The molecule has 1 heterocycles. The van der Waals surface area contributed by atoms with Crippen LogP contribution in [0.15, 0.2) is 24.3 Å². The van der Waals surface area contributed by atoms with Crippen LogP contribution in [-0.4, -0.2) is 95.0 Å². The van der Waals surface area contributed by atoms with E-state index in [-0.39, 0.29) is 18.9 Å². The first-order valence-electron chi connectivity index (χ1n) is 9.49. The van der Waals surface area contributed by atoms with Crippen LogP contribution in [0.1, 0.15) is 18.1 Å². The van der Waals surface area contributed by atoms with Gasteiger partial charge in [0.15, 0.2) is 0 Å². The molecule has 8 heteroatoms. The van der Waals surface area contributed by atoms with Crippen LogP contribution in [0.5, 0.6) is 0 Å². The molecule has 1 fully saturated rings. The summed E-state index contributed by atoms with van der Waals surface area (Å²) in [6.07, 6.45) is 0.429. The number of hydrogen-bond acceptors (Lipinski definition) is 6. The van der Waals surface area contributed by atoms with Crippen molar-refractivity contribution in [3.05, 3.63) is 35.4 Å². The highest BCUT2D eigenvalue weighted by Gasteiger charge is 2.19. The zero-order valence-corrected chi connectivity index (χ0v) is 16.3. The molecule has 0 aromatic heterocycles.